The molecule has 1 atom stereocenters. The molecule has 1 heterocycles. The Kier molecular flexibility index (Phi) is 10.4. The molecule has 1 radical (unpaired) electrons. The lowest BCUT2D eigenvalue weighted by molar-refractivity contribution is -0.143. The summed E-state index contributed by atoms with van der Waals surface area (Å²) in [6.07, 6.45) is 6.11. The summed E-state index contributed by atoms with van der Waals surface area (Å²) in [5.41, 5.74) is 0.0533. The van der Waals surface area contributed by atoms with Crippen molar-refractivity contribution in [3.63, 3.8) is 0 Å². The highest BCUT2D eigenvalue weighted by Crippen LogP contribution is 2.39. The van der Waals surface area contributed by atoms with E-state index in [4.69, 9.17) is 9.47 Å². The maximum atomic E-state index is 13.6. The maximum Gasteiger partial charge on any atom is 0.329 e. The van der Waals surface area contributed by atoms with Crippen LogP contribution in [0.15, 0.2) is 48.5 Å². The van der Waals surface area contributed by atoms with Gasteiger partial charge in [-0.25, -0.2) is 13.9 Å². The predicted molar refractivity (Wildman–Crippen MR) is 145 cm³/mol. The van der Waals surface area contributed by atoms with Crippen LogP contribution in [0.2, 0.25) is 0 Å². The fourth-order valence-electron chi connectivity index (χ4n) is 4.53. The molecular formula is C29H37FN3O5. The molecule has 1 aromatic heterocycles. The highest BCUT2D eigenvalue weighted by Gasteiger charge is 2.40. The van der Waals surface area contributed by atoms with E-state index in [-0.39, 0.29) is 20.5 Å². The lowest BCUT2D eigenvalue weighted by Crippen LogP contribution is -2.55. The highest BCUT2D eigenvalue weighted by atomic mass is 19.1. The normalized spacial score (nSPS) is 14.6. The average molecular weight is 527 g/mol. The summed E-state index contributed by atoms with van der Waals surface area (Å²) < 4.78 is 26.2. The van der Waals surface area contributed by atoms with Gasteiger partial charge >= 0.3 is 5.97 Å². The van der Waals surface area contributed by atoms with E-state index in [1.54, 1.807) is 30.7 Å². The lowest BCUT2D eigenvalue weighted by atomic mass is 9.83. The number of methoxy groups -OCH3 is 2. The standard InChI is InChI=1S/C27H29FN3O5.2CH4/c1-35-22-9-8-10-23(36-2)24(22)21-17-20(30-31(21)19-13-11-18(28)12-14-19)25(32)29-27(26(33)34)15-6-4-3-5-7-16-27;;/h8-15,17H,3-7,16H2,1-2H3,(H,29,32)(H,33,34);2*1H4. The minimum absolute atomic E-state index is 0. The quantitative estimate of drug-likeness (QED) is 0.387. The van der Waals surface area contributed by atoms with Gasteiger partial charge in [-0.3, -0.25) is 4.79 Å². The highest BCUT2D eigenvalue weighted by molar-refractivity contribution is 5.98. The molecule has 205 valence electrons. The number of carbonyl (C=O) groups is 2. The number of aromatic nitrogens is 2. The summed E-state index contributed by atoms with van der Waals surface area (Å²) in [4.78, 5) is 25.7. The molecule has 0 bridgehead atoms. The number of nitrogens with one attached hydrogen (secondary N) is 1. The van der Waals surface area contributed by atoms with Crippen molar-refractivity contribution >= 4 is 11.9 Å². The van der Waals surface area contributed by atoms with Crippen molar-refractivity contribution in [2.75, 3.05) is 14.2 Å². The second kappa shape index (κ2) is 13.1. The van der Waals surface area contributed by atoms with Crippen molar-refractivity contribution in [3.05, 3.63) is 66.5 Å². The Morgan fingerprint density at radius 2 is 1.63 bits per heavy atom. The molecule has 1 amide bonds. The zero-order valence-corrected chi connectivity index (χ0v) is 20.3. The van der Waals surface area contributed by atoms with Gasteiger partial charge in [-0.15, -0.1) is 0 Å². The van der Waals surface area contributed by atoms with Crippen LogP contribution in [-0.2, 0) is 4.79 Å². The minimum Gasteiger partial charge on any atom is -0.496 e. The van der Waals surface area contributed by atoms with Crippen LogP contribution in [0, 0.1) is 12.2 Å². The number of rotatable bonds is 7. The summed E-state index contributed by atoms with van der Waals surface area (Å²) in [5, 5.41) is 17.3. The van der Waals surface area contributed by atoms with Crippen LogP contribution in [-0.4, -0.2) is 46.5 Å². The molecule has 0 aliphatic heterocycles. The SMILES string of the molecule is C.C.COc1cccc(OC)c1-c1cc(C(=O)NC2(C(=O)O)[CH]CCCCCC2)nn1-c1ccc(F)cc1. The molecule has 1 aliphatic carbocycles. The first-order valence-electron chi connectivity index (χ1n) is 11.9. The van der Waals surface area contributed by atoms with Crippen LogP contribution in [0.1, 0.15) is 63.9 Å². The number of carboxylic acid groups (broad SMARTS) is 1. The molecule has 9 heteroatoms. The molecule has 4 rings (SSSR count). The Labute approximate surface area is 223 Å². The number of hydrogen-bond donors (Lipinski definition) is 2. The summed E-state index contributed by atoms with van der Waals surface area (Å²) in [7, 11) is 3.04. The average Bonchev–Trinajstić information content (AvgIpc) is 3.30. The second-order valence-corrected chi connectivity index (χ2v) is 8.73. The molecule has 0 spiro atoms. The van der Waals surface area contributed by atoms with Gasteiger partial charge in [0.25, 0.3) is 5.91 Å². The summed E-state index contributed by atoms with van der Waals surface area (Å²) in [6, 6.07) is 12.5. The fourth-order valence-corrected chi connectivity index (χ4v) is 4.53. The van der Waals surface area contributed by atoms with E-state index in [0.717, 1.165) is 19.3 Å². The smallest absolute Gasteiger partial charge is 0.329 e. The summed E-state index contributed by atoms with van der Waals surface area (Å²) in [6.45, 7) is 0. The largest absolute Gasteiger partial charge is 0.496 e. The van der Waals surface area contributed by atoms with Crippen LogP contribution in [0.4, 0.5) is 4.39 Å². The van der Waals surface area contributed by atoms with Crippen LogP contribution >= 0.6 is 0 Å². The monoisotopic (exact) mass is 526 g/mol. The Bertz CT molecular complexity index is 1210. The first-order chi connectivity index (χ1) is 17.4. The zero-order valence-electron chi connectivity index (χ0n) is 20.3. The predicted octanol–water partition coefficient (Wildman–Crippen LogP) is 6.08. The van der Waals surface area contributed by atoms with Crippen LogP contribution in [0.25, 0.3) is 16.9 Å². The molecule has 1 unspecified atom stereocenters. The molecule has 1 saturated carbocycles. The van der Waals surface area contributed by atoms with Crippen LogP contribution in [0.3, 0.4) is 0 Å². The van der Waals surface area contributed by atoms with Crippen molar-refractivity contribution in [2.24, 2.45) is 0 Å². The van der Waals surface area contributed by atoms with Crippen molar-refractivity contribution in [3.8, 4) is 28.4 Å². The maximum absolute atomic E-state index is 13.6. The van der Waals surface area contributed by atoms with Gasteiger partial charge in [-0.2, -0.15) is 5.10 Å². The molecule has 1 aliphatic rings. The lowest BCUT2D eigenvalue weighted by Gasteiger charge is -2.31. The third kappa shape index (κ3) is 6.15. The van der Waals surface area contributed by atoms with Crippen molar-refractivity contribution in [2.45, 2.75) is 58.9 Å². The molecule has 3 aromatic rings. The van der Waals surface area contributed by atoms with Crippen molar-refractivity contribution < 1.29 is 28.6 Å². The number of nitrogens with zero attached hydrogens (tertiary/aromatic N) is 2. The molecule has 2 aromatic carbocycles. The number of halogens is 1. The molecular weight excluding hydrogens is 489 g/mol. The van der Waals surface area contributed by atoms with Gasteiger partial charge in [0.1, 0.15) is 22.9 Å². The Morgan fingerprint density at radius 3 is 2.24 bits per heavy atom. The number of carboxylic acids is 1. The number of ether oxygens (including phenoxy) is 2. The molecule has 2 N–H and O–H groups in total. The first kappa shape index (κ1) is 30.3. The van der Waals surface area contributed by atoms with Gasteiger partial charge < -0.3 is 19.9 Å². The number of carbonyl (C=O) groups excluding carboxylic acids is 1. The van der Waals surface area contributed by atoms with Gasteiger partial charge in [0.2, 0.25) is 0 Å². The molecule has 38 heavy (non-hydrogen) atoms. The number of benzene rings is 2. The van der Waals surface area contributed by atoms with E-state index in [0.29, 0.717) is 47.7 Å². The third-order valence-electron chi connectivity index (χ3n) is 6.43. The fraction of sp³-hybridized carbons (Fsp3) is 0.379. The van der Waals surface area contributed by atoms with E-state index in [2.05, 4.69) is 10.4 Å². The van der Waals surface area contributed by atoms with Crippen LogP contribution < -0.4 is 14.8 Å². The molecule has 1 fully saturated rings. The topological polar surface area (TPSA) is 103 Å². The van der Waals surface area contributed by atoms with Crippen molar-refractivity contribution in [1.29, 1.82) is 0 Å². The van der Waals surface area contributed by atoms with Gasteiger partial charge in [-0.1, -0.05) is 46.6 Å². The van der Waals surface area contributed by atoms with Gasteiger partial charge in [0.15, 0.2) is 5.69 Å². The number of aliphatic carboxylic acids is 1. The third-order valence-corrected chi connectivity index (χ3v) is 6.43. The number of hydrogen-bond acceptors (Lipinski definition) is 5. The molecule has 8 nitrogen and oxygen atoms in total. The Hall–Kier alpha value is -3.88. The van der Waals surface area contributed by atoms with E-state index in [1.165, 1.54) is 43.2 Å². The molecule has 0 saturated heterocycles. The second-order valence-electron chi connectivity index (χ2n) is 8.73. The minimum atomic E-state index is -1.47. The van der Waals surface area contributed by atoms with Crippen molar-refractivity contribution in [1.82, 2.24) is 15.1 Å². The van der Waals surface area contributed by atoms with E-state index >= 15 is 0 Å². The van der Waals surface area contributed by atoms with Gasteiger partial charge in [0.05, 0.1) is 31.2 Å². The van der Waals surface area contributed by atoms with Gasteiger partial charge in [-0.05, 0) is 61.7 Å². The summed E-state index contributed by atoms with van der Waals surface area (Å²) in [5.74, 6) is -1.16. The van der Waals surface area contributed by atoms with E-state index in [1.807, 2.05) is 0 Å². The van der Waals surface area contributed by atoms with E-state index in [9.17, 15) is 19.1 Å². The van der Waals surface area contributed by atoms with Gasteiger partial charge in [0, 0.05) is 0 Å². The Morgan fingerprint density at radius 1 is 1.00 bits per heavy atom. The first-order valence-corrected chi connectivity index (χ1v) is 11.9. The zero-order chi connectivity index (χ0) is 25.7. The van der Waals surface area contributed by atoms with E-state index < -0.39 is 23.2 Å². The Balaban J connectivity index is 0.00000253. The number of amides is 1. The summed E-state index contributed by atoms with van der Waals surface area (Å²) >= 11 is 0. The van der Waals surface area contributed by atoms with Crippen LogP contribution in [0.5, 0.6) is 11.5 Å².